The third-order valence-corrected chi connectivity index (χ3v) is 3.75. The highest BCUT2D eigenvalue weighted by Gasteiger charge is 2.25. The van der Waals surface area contributed by atoms with Gasteiger partial charge in [-0.25, -0.2) is 4.79 Å². The van der Waals surface area contributed by atoms with Gasteiger partial charge in [-0.1, -0.05) is 24.3 Å². The lowest BCUT2D eigenvalue weighted by molar-refractivity contribution is 0.0703. The number of carbonyl (C=O) groups is 1. The van der Waals surface area contributed by atoms with Crippen LogP contribution in [0.1, 0.15) is 20.8 Å². The van der Waals surface area contributed by atoms with Crippen molar-refractivity contribution in [2.24, 2.45) is 0 Å². The molecule has 0 unspecified atom stereocenters. The molecule has 3 rings (SSSR count). The maximum atomic E-state index is 11.0. The fourth-order valence-corrected chi connectivity index (χ4v) is 3.02. The highest BCUT2D eigenvalue weighted by atomic mass is 32.1. The molecule has 1 aliphatic rings. The second kappa shape index (κ2) is 2.94. The average Bonchev–Trinajstić information content (AvgIpc) is 2.74. The lowest BCUT2D eigenvalue weighted by atomic mass is 10.1. The second-order valence-corrected chi connectivity index (χ2v) is 4.48. The van der Waals surface area contributed by atoms with Gasteiger partial charge in [-0.05, 0) is 28.5 Å². The molecule has 0 aliphatic heterocycles. The van der Waals surface area contributed by atoms with E-state index in [2.05, 4.69) is 6.07 Å². The summed E-state index contributed by atoms with van der Waals surface area (Å²) in [6, 6.07) is 8.01. The van der Waals surface area contributed by atoms with E-state index >= 15 is 0 Å². The van der Waals surface area contributed by atoms with Crippen molar-refractivity contribution in [2.75, 3.05) is 0 Å². The first-order chi connectivity index (χ1) is 7.27. The van der Waals surface area contributed by atoms with E-state index in [0.29, 0.717) is 4.88 Å². The molecule has 1 heterocycles. The van der Waals surface area contributed by atoms with E-state index in [-0.39, 0.29) is 0 Å². The zero-order valence-electron chi connectivity index (χ0n) is 7.86. The van der Waals surface area contributed by atoms with Gasteiger partial charge in [0.25, 0.3) is 0 Å². The van der Waals surface area contributed by atoms with Gasteiger partial charge in [-0.15, -0.1) is 11.3 Å². The summed E-state index contributed by atoms with van der Waals surface area (Å²) >= 11 is 1.32. The second-order valence-electron chi connectivity index (χ2n) is 3.60. The van der Waals surface area contributed by atoms with Crippen molar-refractivity contribution in [3.8, 4) is 11.1 Å². The Labute approximate surface area is 90.8 Å². The molecule has 1 N–H and O–H groups in total. The van der Waals surface area contributed by atoms with Crippen LogP contribution in [0.5, 0.6) is 0 Å². The normalized spacial score (nSPS) is 12.3. The zero-order valence-corrected chi connectivity index (χ0v) is 8.67. The van der Waals surface area contributed by atoms with Crippen LogP contribution in [0.3, 0.4) is 0 Å². The Kier molecular flexibility index (Phi) is 1.70. The summed E-state index contributed by atoms with van der Waals surface area (Å²) in [5.41, 5.74) is 4.41. The van der Waals surface area contributed by atoms with Crippen LogP contribution >= 0.6 is 11.3 Å². The molecule has 2 aromatic rings. The minimum atomic E-state index is -0.821. The molecule has 2 nitrogen and oxygen atoms in total. The highest BCUT2D eigenvalue weighted by Crippen LogP contribution is 2.41. The third kappa shape index (κ3) is 1.13. The predicted molar refractivity (Wildman–Crippen MR) is 59.5 cm³/mol. The first-order valence-electron chi connectivity index (χ1n) is 4.69. The minimum absolute atomic E-state index is 0.468. The van der Waals surface area contributed by atoms with Gasteiger partial charge in [0, 0.05) is 5.56 Å². The molecular weight excluding hydrogens is 208 g/mol. The largest absolute Gasteiger partial charge is 0.477 e. The number of benzene rings is 1. The van der Waals surface area contributed by atoms with E-state index in [1.54, 1.807) is 0 Å². The monoisotopic (exact) mass is 216 g/mol. The van der Waals surface area contributed by atoms with E-state index in [1.807, 2.05) is 23.6 Å². The van der Waals surface area contributed by atoms with Crippen LogP contribution < -0.4 is 0 Å². The summed E-state index contributed by atoms with van der Waals surface area (Å²) < 4.78 is 0. The van der Waals surface area contributed by atoms with Crippen molar-refractivity contribution in [1.29, 1.82) is 0 Å². The van der Waals surface area contributed by atoms with Crippen LogP contribution in [-0.2, 0) is 6.42 Å². The highest BCUT2D eigenvalue weighted by molar-refractivity contribution is 7.12. The SMILES string of the molecule is O=C(O)c1scc2c1-c1ccccc1C2. The molecular formula is C12H8O2S. The van der Waals surface area contributed by atoms with Gasteiger partial charge >= 0.3 is 5.97 Å². The Bertz CT molecular complexity index is 554. The van der Waals surface area contributed by atoms with E-state index in [4.69, 9.17) is 5.11 Å². The molecule has 0 saturated heterocycles. The third-order valence-electron chi connectivity index (χ3n) is 2.73. The molecule has 1 aromatic heterocycles. The summed E-state index contributed by atoms with van der Waals surface area (Å²) in [7, 11) is 0. The Balaban J connectivity index is 2.29. The molecule has 15 heavy (non-hydrogen) atoms. The molecule has 0 saturated carbocycles. The molecule has 3 heteroatoms. The van der Waals surface area contributed by atoms with E-state index in [0.717, 1.165) is 23.1 Å². The molecule has 0 spiro atoms. The van der Waals surface area contributed by atoms with Crippen LogP contribution in [-0.4, -0.2) is 11.1 Å². The summed E-state index contributed by atoms with van der Waals surface area (Å²) in [6.07, 6.45) is 0.870. The molecule has 0 fully saturated rings. The van der Waals surface area contributed by atoms with Crippen LogP contribution in [0.25, 0.3) is 11.1 Å². The topological polar surface area (TPSA) is 37.3 Å². The molecule has 0 atom stereocenters. The Morgan fingerprint density at radius 1 is 1.27 bits per heavy atom. The predicted octanol–water partition coefficient (Wildman–Crippen LogP) is 3.02. The number of hydrogen-bond donors (Lipinski definition) is 1. The van der Waals surface area contributed by atoms with E-state index < -0.39 is 5.97 Å². The molecule has 0 radical (unpaired) electrons. The van der Waals surface area contributed by atoms with Crippen molar-refractivity contribution in [2.45, 2.75) is 6.42 Å². The van der Waals surface area contributed by atoms with Crippen LogP contribution in [0.15, 0.2) is 29.6 Å². The van der Waals surface area contributed by atoms with Gasteiger partial charge in [-0.2, -0.15) is 0 Å². The molecule has 1 aliphatic carbocycles. The first kappa shape index (κ1) is 8.68. The first-order valence-corrected chi connectivity index (χ1v) is 5.57. The number of thiophene rings is 1. The average molecular weight is 216 g/mol. The molecule has 0 bridgehead atoms. The van der Waals surface area contributed by atoms with Crippen LogP contribution in [0, 0.1) is 0 Å². The lowest BCUT2D eigenvalue weighted by Gasteiger charge is -1.99. The number of fused-ring (bicyclic) bond motifs is 3. The van der Waals surface area contributed by atoms with Crippen LogP contribution in [0.2, 0.25) is 0 Å². The summed E-state index contributed by atoms with van der Waals surface area (Å²) in [5.74, 6) is -0.821. The molecule has 74 valence electrons. The van der Waals surface area contributed by atoms with Crippen molar-refractivity contribution >= 4 is 17.3 Å². The van der Waals surface area contributed by atoms with Gasteiger partial charge in [0.05, 0.1) is 0 Å². The molecule has 1 aromatic carbocycles. The summed E-state index contributed by atoms with van der Waals surface area (Å²) in [6.45, 7) is 0. The van der Waals surface area contributed by atoms with Gasteiger partial charge in [0.1, 0.15) is 4.88 Å². The smallest absolute Gasteiger partial charge is 0.346 e. The summed E-state index contributed by atoms with van der Waals surface area (Å²) in [4.78, 5) is 11.5. The number of carboxylic acids is 1. The van der Waals surface area contributed by atoms with Gasteiger partial charge < -0.3 is 5.11 Å². The van der Waals surface area contributed by atoms with Gasteiger partial charge in [-0.3, -0.25) is 0 Å². The van der Waals surface area contributed by atoms with E-state index in [9.17, 15) is 4.79 Å². The number of hydrogen-bond acceptors (Lipinski definition) is 2. The quantitative estimate of drug-likeness (QED) is 0.679. The van der Waals surface area contributed by atoms with Crippen molar-refractivity contribution in [1.82, 2.24) is 0 Å². The zero-order chi connectivity index (χ0) is 10.4. The van der Waals surface area contributed by atoms with Crippen molar-refractivity contribution in [3.05, 3.63) is 45.6 Å². The van der Waals surface area contributed by atoms with E-state index in [1.165, 1.54) is 16.9 Å². The van der Waals surface area contributed by atoms with Gasteiger partial charge in [0.15, 0.2) is 0 Å². The number of carboxylic acid groups (broad SMARTS) is 1. The standard InChI is InChI=1S/C12H8O2S/c13-12(14)11-10-8(6-15-11)5-7-3-1-2-4-9(7)10/h1-4,6H,5H2,(H,13,14). The number of rotatable bonds is 1. The maximum absolute atomic E-state index is 11.0. The fraction of sp³-hybridized carbons (Fsp3) is 0.0833. The van der Waals surface area contributed by atoms with Crippen molar-refractivity contribution in [3.63, 3.8) is 0 Å². The van der Waals surface area contributed by atoms with Crippen molar-refractivity contribution < 1.29 is 9.90 Å². The summed E-state index contributed by atoms with van der Waals surface area (Å²) in [5, 5.41) is 11.0. The van der Waals surface area contributed by atoms with Gasteiger partial charge in [0.2, 0.25) is 0 Å². The molecule has 0 amide bonds. The fourth-order valence-electron chi connectivity index (χ4n) is 2.10. The maximum Gasteiger partial charge on any atom is 0.346 e. The lowest BCUT2D eigenvalue weighted by Crippen LogP contribution is -1.94. The minimum Gasteiger partial charge on any atom is -0.477 e. The Hall–Kier alpha value is -1.61. The number of aromatic carboxylic acids is 1. The Morgan fingerprint density at radius 3 is 2.87 bits per heavy atom. The van der Waals surface area contributed by atoms with Crippen LogP contribution in [0.4, 0.5) is 0 Å². The Morgan fingerprint density at radius 2 is 2.07 bits per heavy atom.